The summed E-state index contributed by atoms with van der Waals surface area (Å²) in [5.74, 6) is -0.0573. The van der Waals surface area contributed by atoms with Crippen LogP contribution in [0.4, 0.5) is 0 Å². The Bertz CT molecular complexity index is 713. The summed E-state index contributed by atoms with van der Waals surface area (Å²) in [6, 6.07) is 8.94. The largest absolute Gasteiger partial charge is 0.478 e. The number of carbonyl (C=O) groups is 1. The molecule has 2 heterocycles. The Morgan fingerprint density at radius 3 is 2.95 bits per heavy atom. The van der Waals surface area contributed by atoms with Gasteiger partial charge in [0.1, 0.15) is 11.3 Å². The lowest BCUT2D eigenvalue weighted by molar-refractivity contribution is 0.0699. The Labute approximate surface area is 109 Å². The summed E-state index contributed by atoms with van der Waals surface area (Å²) >= 11 is 0. The van der Waals surface area contributed by atoms with Crippen molar-refractivity contribution in [1.82, 2.24) is 9.55 Å². The molecule has 0 unspecified atom stereocenters. The van der Waals surface area contributed by atoms with E-state index in [1.807, 2.05) is 22.8 Å². The van der Waals surface area contributed by atoms with Crippen molar-refractivity contribution >= 4 is 17.0 Å². The molecule has 0 amide bonds. The number of aromatic carboxylic acids is 1. The van der Waals surface area contributed by atoms with Gasteiger partial charge in [-0.15, -0.1) is 0 Å². The summed E-state index contributed by atoms with van der Waals surface area (Å²) in [5.41, 5.74) is 1.58. The smallest absolute Gasteiger partial charge is 0.337 e. The predicted molar refractivity (Wildman–Crippen MR) is 69.1 cm³/mol. The van der Waals surface area contributed by atoms with E-state index in [1.54, 1.807) is 24.7 Å². The molecule has 0 bridgehead atoms. The number of benzene rings is 1. The molecular weight excluding hydrogens is 244 g/mol. The minimum atomic E-state index is -0.957. The zero-order valence-corrected chi connectivity index (χ0v) is 10.1. The van der Waals surface area contributed by atoms with Gasteiger partial charge in [-0.3, -0.25) is 0 Å². The number of carboxylic acids is 1. The molecule has 1 N–H and O–H groups in total. The van der Waals surface area contributed by atoms with Gasteiger partial charge in [0.05, 0.1) is 23.7 Å². The molecule has 0 atom stereocenters. The molecule has 0 saturated carbocycles. The van der Waals surface area contributed by atoms with Crippen LogP contribution < -0.4 is 0 Å². The first-order valence-electron chi connectivity index (χ1n) is 5.95. The minimum Gasteiger partial charge on any atom is -0.478 e. The van der Waals surface area contributed by atoms with Gasteiger partial charge in [0, 0.05) is 13.0 Å². The zero-order valence-electron chi connectivity index (χ0n) is 10.1. The number of fused-ring (bicyclic) bond motifs is 1. The van der Waals surface area contributed by atoms with E-state index in [9.17, 15) is 4.79 Å². The lowest BCUT2D eigenvalue weighted by Crippen LogP contribution is -2.00. The fraction of sp³-hybridized carbons (Fsp3) is 0.143. The Morgan fingerprint density at radius 1 is 1.32 bits per heavy atom. The van der Waals surface area contributed by atoms with Crippen LogP contribution in [0.25, 0.3) is 11.0 Å². The summed E-state index contributed by atoms with van der Waals surface area (Å²) in [6.07, 6.45) is 4.06. The first-order valence-corrected chi connectivity index (χ1v) is 5.95. The highest BCUT2D eigenvalue weighted by Gasteiger charge is 2.12. The van der Waals surface area contributed by atoms with Crippen LogP contribution in [0.3, 0.4) is 0 Å². The van der Waals surface area contributed by atoms with E-state index in [-0.39, 0.29) is 5.56 Å². The maximum atomic E-state index is 11.1. The summed E-state index contributed by atoms with van der Waals surface area (Å²) < 4.78 is 7.21. The van der Waals surface area contributed by atoms with Gasteiger partial charge < -0.3 is 14.1 Å². The highest BCUT2D eigenvalue weighted by molar-refractivity contribution is 6.00. The Hall–Kier alpha value is -2.56. The average molecular weight is 256 g/mol. The first-order chi connectivity index (χ1) is 9.25. The van der Waals surface area contributed by atoms with E-state index >= 15 is 0 Å². The maximum Gasteiger partial charge on any atom is 0.337 e. The monoisotopic (exact) mass is 256 g/mol. The summed E-state index contributed by atoms with van der Waals surface area (Å²) in [4.78, 5) is 15.3. The maximum absolute atomic E-state index is 11.1. The molecular formula is C14H12N2O3. The molecule has 3 rings (SSSR count). The molecule has 19 heavy (non-hydrogen) atoms. The molecule has 96 valence electrons. The molecule has 5 nitrogen and oxygen atoms in total. The number of para-hydroxylation sites is 1. The van der Waals surface area contributed by atoms with Gasteiger partial charge in [-0.2, -0.15) is 0 Å². The number of hydrogen-bond donors (Lipinski definition) is 1. The minimum absolute atomic E-state index is 0.231. The van der Waals surface area contributed by atoms with E-state index in [0.717, 1.165) is 17.7 Å². The lowest BCUT2D eigenvalue weighted by Gasteiger charge is -2.03. The lowest BCUT2D eigenvalue weighted by atomic mass is 10.2. The third-order valence-electron chi connectivity index (χ3n) is 3.06. The summed E-state index contributed by atoms with van der Waals surface area (Å²) in [7, 11) is 0. The van der Waals surface area contributed by atoms with Crippen LogP contribution >= 0.6 is 0 Å². The van der Waals surface area contributed by atoms with E-state index in [1.165, 1.54) is 0 Å². The average Bonchev–Trinajstić information content (AvgIpc) is 3.05. The van der Waals surface area contributed by atoms with E-state index < -0.39 is 5.97 Å². The van der Waals surface area contributed by atoms with Crippen LogP contribution in [0.5, 0.6) is 0 Å². The van der Waals surface area contributed by atoms with Crippen LogP contribution in [0, 0.1) is 0 Å². The van der Waals surface area contributed by atoms with Crippen molar-refractivity contribution in [2.75, 3.05) is 0 Å². The molecule has 0 fully saturated rings. The van der Waals surface area contributed by atoms with Crippen LogP contribution in [-0.2, 0) is 13.0 Å². The van der Waals surface area contributed by atoms with Gasteiger partial charge in [-0.05, 0) is 24.3 Å². The number of hydrogen-bond acceptors (Lipinski definition) is 3. The van der Waals surface area contributed by atoms with Crippen molar-refractivity contribution in [2.24, 2.45) is 0 Å². The molecule has 1 aromatic carbocycles. The van der Waals surface area contributed by atoms with Crippen LogP contribution in [0.15, 0.2) is 47.3 Å². The van der Waals surface area contributed by atoms with Crippen LogP contribution in [-0.4, -0.2) is 20.6 Å². The molecule has 0 spiro atoms. The van der Waals surface area contributed by atoms with Crippen molar-refractivity contribution in [2.45, 2.75) is 13.0 Å². The number of rotatable bonds is 4. The van der Waals surface area contributed by atoms with Gasteiger partial charge in [-0.1, -0.05) is 6.07 Å². The molecule has 3 aromatic rings. The topological polar surface area (TPSA) is 68.3 Å². The third kappa shape index (κ3) is 2.10. The number of nitrogens with zero attached hydrogens (tertiary/aromatic N) is 2. The predicted octanol–water partition coefficient (Wildman–Crippen LogP) is 2.57. The fourth-order valence-corrected chi connectivity index (χ4v) is 2.12. The Balaban J connectivity index is 1.92. The first kappa shape index (κ1) is 11.5. The van der Waals surface area contributed by atoms with Crippen LogP contribution in [0.2, 0.25) is 0 Å². The van der Waals surface area contributed by atoms with Gasteiger partial charge in [-0.25, -0.2) is 9.78 Å². The summed E-state index contributed by atoms with van der Waals surface area (Å²) in [5, 5.41) is 9.11. The second kappa shape index (κ2) is 4.61. The Morgan fingerprint density at radius 2 is 2.21 bits per heavy atom. The highest BCUT2D eigenvalue weighted by atomic mass is 16.4. The van der Waals surface area contributed by atoms with Crippen molar-refractivity contribution in [1.29, 1.82) is 0 Å². The quantitative estimate of drug-likeness (QED) is 0.779. The van der Waals surface area contributed by atoms with E-state index in [0.29, 0.717) is 12.1 Å². The summed E-state index contributed by atoms with van der Waals surface area (Å²) in [6.45, 7) is 0.701. The van der Waals surface area contributed by atoms with Crippen molar-refractivity contribution in [3.63, 3.8) is 0 Å². The number of furan rings is 1. The molecule has 0 aliphatic rings. The van der Waals surface area contributed by atoms with Crippen molar-refractivity contribution in [3.8, 4) is 0 Å². The third-order valence-corrected chi connectivity index (χ3v) is 3.06. The van der Waals surface area contributed by atoms with Gasteiger partial charge in [0.15, 0.2) is 0 Å². The highest BCUT2D eigenvalue weighted by Crippen LogP contribution is 2.18. The Kier molecular flexibility index (Phi) is 2.79. The number of aromatic nitrogens is 2. The molecule has 2 aromatic heterocycles. The molecule has 0 aliphatic carbocycles. The van der Waals surface area contributed by atoms with E-state index in [2.05, 4.69) is 4.98 Å². The molecule has 0 aliphatic heterocycles. The fourth-order valence-electron chi connectivity index (χ4n) is 2.12. The normalized spacial score (nSPS) is 10.9. The van der Waals surface area contributed by atoms with E-state index in [4.69, 9.17) is 9.52 Å². The standard InChI is InChI=1S/C14H12N2O3/c17-14(18)11-4-1-5-12-13(11)15-9-16(12)7-6-10-3-2-8-19-10/h1-5,8-9H,6-7H2,(H,17,18). The van der Waals surface area contributed by atoms with Gasteiger partial charge in [0.25, 0.3) is 0 Å². The zero-order chi connectivity index (χ0) is 13.2. The number of carboxylic acid groups (broad SMARTS) is 1. The molecule has 5 heteroatoms. The van der Waals surface area contributed by atoms with Gasteiger partial charge in [0.2, 0.25) is 0 Å². The van der Waals surface area contributed by atoms with Crippen LogP contribution in [0.1, 0.15) is 16.1 Å². The van der Waals surface area contributed by atoms with Gasteiger partial charge >= 0.3 is 5.97 Å². The second-order valence-corrected chi connectivity index (χ2v) is 4.25. The van der Waals surface area contributed by atoms with Crippen molar-refractivity contribution < 1.29 is 14.3 Å². The molecule has 0 saturated heterocycles. The molecule has 0 radical (unpaired) electrons. The number of aryl methyl sites for hydroxylation is 2. The SMILES string of the molecule is O=C(O)c1cccc2c1ncn2CCc1ccco1. The number of imidazole rings is 1. The van der Waals surface area contributed by atoms with Crippen molar-refractivity contribution in [3.05, 3.63) is 54.2 Å². The second-order valence-electron chi connectivity index (χ2n) is 4.25.